The number of hydrogen-bond acceptors (Lipinski definition) is 4. The van der Waals surface area contributed by atoms with Crippen molar-refractivity contribution in [2.45, 2.75) is 19.8 Å². The van der Waals surface area contributed by atoms with Gasteiger partial charge in [0.1, 0.15) is 12.1 Å². The first kappa shape index (κ1) is 13.2. The van der Waals surface area contributed by atoms with E-state index in [0.717, 1.165) is 15.7 Å². The Morgan fingerprint density at radius 1 is 1.35 bits per heavy atom. The summed E-state index contributed by atoms with van der Waals surface area (Å²) in [6, 6.07) is 9.12. The molecule has 0 aliphatic rings. The van der Waals surface area contributed by atoms with Crippen LogP contribution in [0.25, 0.3) is 0 Å². The van der Waals surface area contributed by atoms with Crippen molar-refractivity contribution in [1.29, 1.82) is 10.5 Å². The molecule has 0 saturated carbocycles. The highest BCUT2D eigenvalue weighted by Gasteiger charge is 2.07. The van der Waals surface area contributed by atoms with Gasteiger partial charge >= 0.3 is 0 Å². The van der Waals surface area contributed by atoms with Gasteiger partial charge < -0.3 is 0 Å². The third-order valence-electron chi connectivity index (χ3n) is 2.14. The van der Waals surface area contributed by atoms with Gasteiger partial charge in [0.05, 0.1) is 5.69 Å². The molecule has 0 unspecified atom stereocenters. The summed E-state index contributed by atoms with van der Waals surface area (Å²) in [5.41, 5.74) is 4.42. The van der Waals surface area contributed by atoms with E-state index in [1.807, 2.05) is 18.2 Å². The third kappa shape index (κ3) is 3.58. The molecule has 0 fully saturated rings. The molecule has 0 saturated heterocycles. The molecule has 0 radical (unpaired) electrons. The number of nitrogens with zero attached hydrogens (tertiary/aromatic N) is 3. The van der Waals surface area contributed by atoms with E-state index in [0.29, 0.717) is 5.92 Å². The second-order valence-electron chi connectivity index (χ2n) is 3.68. The molecule has 0 amide bonds. The summed E-state index contributed by atoms with van der Waals surface area (Å²) < 4.78 is 0.983. The van der Waals surface area contributed by atoms with Crippen molar-refractivity contribution in [1.82, 2.24) is 0 Å². The van der Waals surface area contributed by atoms with Crippen molar-refractivity contribution in [3.8, 4) is 12.1 Å². The van der Waals surface area contributed by atoms with Gasteiger partial charge in [-0.1, -0.05) is 29.8 Å². The summed E-state index contributed by atoms with van der Waals surface area (Å²) in [7, 11) is 0. The Morgan fingerprint density at radius 3 is 2.53 bits per heavy atom. The van der Waals surface area contributed by atoms with Crippen LogP contribution in [0.15, 0.2) is 27.8 Å². The maximum absolute atomic E-state index is 8.58. The Bertz CT molecular complexity index is 504. The van der Waals surface area contributed by atoms with Gasteiger partial charge in [0.25, 0.3) is 0 Å². The van der Waals surface area contributed by atoms with Crippen molar-refractivity contribution < 1.29 is 0 Å². The largest absolute Gasteiger partial charge is 0.276 e. The van der Waals surface area contributed by atoms with E-state index in [2.05, 4.69) is 40.3 Å². The van der Waals surface area contributed by atoms with Gasteiger partial charge in [0, 0.05) is 4.47 Å². The fourth-order valence-corrected chi connectivity index (χ4v) is 1.68. The number of hydrazone groups is 1. The maximum atomic E-state index is 8.58. The topological polar surface area (TPSA) is 72.0 Å². The predicted octanol–water partition coefficient (Wildman–Crippen LogP) is 3.39. The molecule has 1 aromatic carbocycles. The van der Waals surface area contributed by atoms with Crippen molar-refractivity contribution in [3.63, 3.8) is 0 Å². The van der Waals surface area contributed by atoms with Crippen LogP contribution in [0.2, 0.25) is 0 Å². The standard InChI is InChI=1S/C12H11BrN4/c1-8(2)11-5-9(13)3-4-12(11)17-16-10(6-14)7-15/h3-5,8,17H,1-2H3. The van der Waals surface area contributed by atoms with E-state index < -0.39 is 0 Å². The summed E-state index contributed by atoms with van der Waals surface area (Å²) in [4.78, 5) is 0. The lowest BCUT2D eigenvalue weighted by atomic mass is 10.0. The van der Waals surface area contributed by atoms with E-state index in [1.54, 1.807) is 12.1 Å². The molecule has 0 atom stereocenters. The molecule has 1 rings (SSSR count). The van der Waals surface area contributed by atoms with Crippen LogP contribution < -0.4 is 5.43 Å². The SMILES string of the molecule is CC(C)c1cc(Br)ccc1NN=C(C#N)C#N. The molecule has 86 valence electrons. The van der Waals surface area contributed by atoms with Gasteiger partial charge in [0.15, 0.2) is 0 Å². The quantitative estimate of drug-likeness (QED) is 0.685. The van der Waals surface area contributed by atoms with E-state index in [1.165, 1.54) is 0 Å². The molecular formula is C12H11BrN4. The van der Waals surface area contributed by atoms with Gasteiger partial charge in [0.2, 0.25) is 5.71 Å². The number of benzene rings is 1. The highest BCUT2D eigenvalue weighted by atomic mass is 79.9. The van der Waals surface area contributed by atoms with Crippen LogP contribution in [0, 0.1) is 22.7 Å². The summed E-state index contributed by atoms with van der Waals surface area (Å²) in [6.45, 7) is 4.12. The predicted molar refractivity (Wildman–Crippen MR) is 70.5 cm³/mol. The van der Waals surface area contributed by atoms with Crippen LogP contribution in [-0.2, 0) is 0 Å². The first-order chi connectivity index (χ1) is 8.08. The minimum atomic E-state index is -0.192. The van der Waals surface area contributed by atoms with Gasteiger partial charge in [-0.05, 0) is 29.7 Å². The van der Waals surface area contributed by atoms with E-state index >= 15 is 0 Å². The second kappa shape index (κ2) is 6.03. The molecule has 5 heteroatoms. The number of nitriles is 2. The average Bonchev–Trinajstić information content (AvgIpc) is 2.31. The molecule has 0 aliphatic carbocycles. The smallest absolute Gasteiger partial charge is 0.237 e. The molecule has 0 aliphatic heterocycles. The molecule has 0 aromatic heterocycles. The minimum absolute atomic E-state index is 0.192. The Kier molecular flexibility index (Phi) is 4.68. The molecule has 1 N–H and O–H groups in total. The molecule has 0 spiro atoms. The monoisotopic (exact) mass is 290 g/mol. The molecule has 1 aromatic rings. The Morgan fingerprint density at radius 2 is 2.00 bits per heavy atom. The highest BCUT2D eigenvalue weighted by molar-refractivity contribution is 9.10. The van der Waals surface area contributed by atoms with Crippen molar-refractivity contribution in [2.75, 3.05) is 5.43 Å². The van der Waals surface area contributed by atoms with Gasteiger partial charge in [-0.3, -0.25) is 5.43 Å². The zero-order valence-electron chi connectivity index (χ0n) is 9.53. The molecular weight excluding hydrogens is 280 g/mol. The number of halogens is 1. The Hall–Kier alpha value is -1.85. The third-order valence-corrected chi connectivity index (χ3v) is 2.63. The summed E-state index contributed by atoms with van der Waals surface area (Å²) in [5.74, 6) is 0.317. The number of rotatable bonds is 3. The normalized spacial score (nSPS) is 9.29. The summed E-state index contributed by atoms with van der Waals surface area (Å²) >= 11 is 3.40. The lowest BCUT2D eigenvalue weighted by molar-refractivity contribution is 0.866. The number of hydrogen-bond donors (Lipinski definition) is 1. The zero-order valence-corrected chi connectivity index (χ0v) is 11.1. The van der Waals surface area contributed by atoms with E-state index in [9.17, 15) is 0 Å². The molecule has 0 bridgehead atoms. The van der Waals surface area contributed by atoms with Crippen LogP contribution >= 0.6 is 15.9 Å². The lowest BCUT2D eigenvalue weighted by Gasteiger charge is -2.12. The fraction of sp³-hybridized carbons (Fsp3) is 0.250. The van der Waals surface area contributed by atoms with Crippen LogP contribution in [0.4, 0.5) is 5.69 Å². The van der Waals surface area contributed by atoms with E-state index in [4.69, 9.17) is 10.5 Å². The van der Waals surface area contributed by atoms with Gasteiger partial charge in [-0.15, -0.1) is 0 Å². The van der Waals surface area contributed by atoms with Crippen LogP contribution in [0.1, 0.15) is 25.3 Å². The number of anilines is 1. The van der Waals surface area contributed by atoms with Gasteiger partial charge in [-0.25, -0.2) is 0 Å². The van der Waals surface area contributed by atoms with Crippen molar-refractivity contribution in [3.05, 3.63) is 28.2 Å². The Balaban J connectivity index is 3.04. The highest BCUT2D eigenvalue weighted by Crippen LogP contribution is 2.27. The van der Waals surface area contributed by atoms with E-state index in [-0.39, 0.29) is 5.71 Å². The Labute approximate surface area is 109 Å². The second-order valence-corrected chi connectivity index (χ2v) is 4.60. The minimum Gasteiger partial charge on any atom is -0.276 e. The number of nitrogens with one attached hydrogen (secondary N) is 1. The van der Waals surface area contributed by atoms with Crippen LogP contribution in [0.5, 0.6) is 0 Å². The molecule has 17 heavy (non-hydrogen) atoms. The van der Waals surface area contributed by atoms with Gasteiger partial charge in [-0.2, -0.15) is 15.6 Å². The van der Waals surface area contributed by atoms with Crippen molar-refractivity contribution >= 4 is 27.3 Å². The zero-order chi connectivity index (χ0) is 12.8. The average molecular weight is 291 g/mol. The van der Waals surface area contributed by atoms with Crippen LogP contribution in [-0.4, -0.2) is 5.71 Å². The molecule has 0 heterocycles. The fourth-order valence-electron chi connectivity index (χ4n) is 1.30. The maximum Gasteiger partial charge on any atom is 0.237 e. The summed E-state index contributed by atoms with van der Waals surface area (Å²) in [6.07, 6.45) is 0. The van der Waals surface area contributed by atoms with Crippen molar-refractivity contribution in [2.24, 2.45) is 5.10 Å². The van der Waals surface area contributed by atoms with Crippen LogP contribution in [0.3, 0.4) is 0 Å². The first-order valence-corrected chi connectivity index (χ1v) is 5.81. The lowest BCUT2D eigenvalue weighted by Crippen LogP contribution is -2.00. The summed E-state index contributed by atoms with van der Waals surface area (Å²) in [5, 5.41) is 20.9. The molecule has 4 nitrogen and oxygen atoms in total. The first-order valence-electron chi connectivity index (χ1n) is 5.01.